The Bertz CT molecular complexity index is 456. The monoisotopic (exact) mass is 263 g/mol. The number of pyridine rings is 1. The molecule has 0 bridgehead atoms. The first-order chi connectivity index (χ1) is 9.26. The smallest absolute Gasteiger partial charge is 0.409 e. The van der Waals surface area contributed by atoms with E-state index in [0.29, 0.717) is 44.2 Å². The lowest BCUT2D eigenvalue weighted by Gasteiger charge is -2.35. The maximum absolute atomic E-state index is 11.6. The third-order valence-corrected chi connectivity index (χ3v) is 3.05. The Kier molecular flexibility index (Phi) is 4.33. The van der Waals surface area contributed by atoms with Gasteiger partial charge in [0, 0.05) is 32.4 Å². The molecule has 2 rings (SSSR count). The van der Waals surface area contributed by atoms with Crippen LogP contribution in [0.1, 0.15) is 17.3 Å². The average molecular weight is 263 g/mol. The van der Waals surface area contributed by atoms with E-state index in [1.54, 1.807) is 30.2 Å². The van der Waals surface area contributed by atoms with Crippen LogP contribution in [0.25, 0.3) is 0 Å². The Morgan fingerprint density at radius 2 is 2.16 bits per heavy atom. The second-order valence-electron chi connectivity index (χ2n) is 4.21. The van der Waals surface area contributed by atoms with Crippen LogP contribution in [0.2, 0.25) is 0 Å². The molecular weight excluding hydrogens is 246 g/mol. The van der Waals surface area contributed by atoms with Crippen molar-refractivity contribution in [1.29, 1.82) is 0 Å². The third-order valence-electron chi connectivity index (χ3n) is 3.05. The minimum Gasteiger partial charge on any atom is -0.450 e. The van der Waals surface area contributed by atoms with E-state index in [-0.39, 0.29) is 6.09 Å². The van der Waals surface area contributed by atoms with Crippen molar-refractivity contribution in [3.05, 3.63) is 23.9 Å². The van der Waals surface area contributed by atoms with Gasteiger partial charge in [-0.25, -0.2) is 9.78 Å². The van der Waals surface area contributed by atoms with Gasteiger partial charge in [0.25, 0.3) is 0 Å². The molecule has 1 aromatic heterocycles. The third kappa shape index (κ3) is 3.01. The van der Waals surface area contributed by atoms with Gasteiger partial charge in [0.15, 0.2) is 6.29 Å². The van der Waals surface area contributed by atoms with Crippen LogP contribution >= 0.6 is 0 Å². The Balaban J connectivity index is 2.00. The number of rotatable bonds is 3. The van der Waals surface area contributed by atoms with Crippen LogP contribution in [0.5, 0.6) is 0 Å². The summed E-state index contributed by atoms with van der Waals surface area (Å²) < 4.78 is 4.96. The molecule has 0 atom stereocenters. The minimum atomic E-state index is -0.279. The maximum Gasteiger partial charge on any atom is 0.409 e. The lowest BCUT2D eigenvalue weighted by Crippen LogP contribution is -2.49. The predicted molar refractivity (Wildman–Crippen MR) is 70.4 cm³/mol. The Morgan fingerprint density at radius 1 is 1.42 bits per heavy atom. The molecule has 6 heteroatoms. The van der Waals surface area contributed by atoms with E-state index < -0.39 is 0 Å². The summed E-state index contributed by atoms with van der Waals surface area (Å²) in [5, 5.41) is 0. The van der Waals surface area contributed by atoms with Gasteiger partial charge in [0.1, 0.15) is 5.82 Å². The van der Waals surface area contributed by atoms with Crippen LogP contribution in [-0.4, -0.2) is 55.0 Å². The molecule has 1 fully saturated rings. The maximum atomic E-state index is 11.6. The fourth-order valence-electron chi connectivity index (χ4n) is 2.08. The zero-order valence-corrected chi connectivity index (χ0v) is 10.9. The number of ether oxygens (including phenoxy) is 1. The van der Waals surface area contributed by atoms with E-state index in [1.807, 2.05) is 4.90 Å². The topological polar surface area (TPSA) is 62.7 Å². The number of carbonyl (C=O) groups excluding carboxylic acids is 2. The molecule has 1 amide bonds. The quantitative estimate of drug-likeness (QED) is 0.766. The Morgan fingerprint density at radius 3 is 2.79 bits per heavy atom. The first kappa shape index (κ1) is 13.3. The van der Waals surface area contributed by atoms with Gasteiger partial charge in [0.05, 0.1) is 12.2 Å². The number of aromatic nitrogens is 1. The summed E-state index contributed by atoms with van der Waals surface area (Å²) in [5.74, 6) is 0.681. The van der Waals surface area contributed by atoms with E-state index in [2.05, 4.69) is 4.98 Å². The number of carbonyl (C=O) groups is 2. The number of amides is 1. The van der Waals surface area contributed by atoms with Crippen molar-refractivity contribution in [3.63, 3.8) is 0 Å². The molecule has 0 unspecified atom stereocenters. The van der Waals surface area contributed by atoms with Gasteiger partial charge in [-0.1, -0.05) is 0 Å². The molecule has 1 saturated heterocycles. The van der Waals surface area contributed by atoms with Crippen molar-refractivity contribution in [1.82, 2.24) is 9.88 Å². The molecule has 19 heavy (non-hydrogen) atoms. The number of anilines is 1. The van der Waals surface area contributed by atoms with Gasteiger partial charge < -0.3 is 14.5 Å². The molecule has 102 valence electrons. The van der Waals surface area contributed by atoms with Crippen LogP contribution in [0.15, 0.2) is 18.3 Å². The minimum absolute atomic E-state index is 0.279. The van der Waals surface area contributed by atoms with Crippen molar-refractivity contribution in [2.45, 2.75) is 6.92 Å². The lowest BCUT2D eigenvalue weighted by atomic mass is 10.2. The van der Waals surface area contributed by atoms with Gasteiger partial charge >= 0.3 is 6.09 Å². The highest BCUT2D eigenvalue weighted by Crippen LogP contribution is 2.17. The van der Waals surface area contributed by atoms with E-state index in [1.165, 1.54) is 0 Å². The SMILES string of the molecule is CCOC(=O)N1CCN(c2ncccc2C=O)CC1. The van der Waals surface area contributed by atoms with Crippen molar-refractivity contribution in [2.75, 3.05) is 37.7 Å². The van der Waals surface area contributed by atoms with E-state index >= 15 is 0 Å². The number of hydrogen-bond donors (Lipinski definition) is 0. The standard InChI is InChI=1S/C13H17N3O3/c1-2-19-13(18)16-8-6-15(7-9-16)12-11(10-17)4-3-5-14-12/h3-5,10H,2,6-9H2,1H3. The molecule has 1 aliphatic heterocycles. The van der Waals surface area contributed by atoms with Crippen LogP contribution in [0.4, 0.5) is 10.6 Å². The number of piperazine rings is 1. The van der Waals surface area contributed by atoms with Crippen molar-refractivity contribution in [2.24, 2.45) is 0 Å². The zero-order valence-electron chi connectivity index (χ0n) is 10.9. The summed E-state index contributed by atoms with van der Waals surface area (Å²) in [6.45, 7) is 4.63. The van der Waals surface area contributed by atoms with Gasteiger partial charge in [-0.3, -0.25) is 4.79 Å². The molecule has 0 spiro atoms. The summed E-state index contributed by atoms with van der Waals surface area (Å²) in [4.78, 5) is 30.5. The highest BCUT2D eigenvalue weighted by molar-refractivity contribution is 5.82. The van der Waals surface area contributed by atoms with Gasteiger partial charge in [-0.2, -0.15) is 0 Å². The highest BCUT2D eigenvalue weighted by atomic mass is 16.6. The van der Waals surface area contributed by atoms with Crippen LogP contribution in [0.3, 0.4) is 0 Å². The normalized spacial score (nSPS) is 15.2. The fraction of sp³-hybridized carbons (Fsp3) is 0.462. The molecule has 0 radical (unpaired) electrons. The predicted octanol–water partition coefficient (Wildman–Crippen LogP) is 1.17. The second-order valence-corrected chi connectivity index (χ2v) is 4.21. The second kappa shape index (κ2) is 6.17. The lowest BCUT2D eigenvalue weighted by molar-refractivity contribution is 0.104. The molecule has 1 aromatic rings. The van der Waals surface area contributed by atoms with Crippen molar-refractivity contribution >= 4 is 18.2 Å². The molecule has 0 aromatic carbocycles. The summed E-state index contributed by atoms with van der Waals surface area (Å²) in [7, 11) is 0. The summed E-state index contributed by atoms with van der Waals surface area (Å²) in [6, 6.07) is 3.48. The van der Waals surface area contributed by atoms with E-state index in [9.17, 15) is 9.59 Å². The molecule has 0 N–H and O–H groups in total. The number of nitrogens with zero attached hydrogens (tertiary/aromatic N) is 3. The van der Waals surface area contributed by atoms with Crippen LogP contribution in [-0.2, 0) is 4.74 Å². The molecule has 0 aliphatic carbocycles. The van der Waals surface area contributed by atoms with Crippen LogP contribution < -0.4 is 4.90 Å². The first-order valence-corrected chi connectivity index (χ1v) is 6.33. The molecular formula is C13H17N3O3. The summed E-state index contributed by atoms with van der Waals surface area (Å²) in [5.41, 5.74) is 0.576. The summed E-state index contributed by atoms with van der Waals surface area (Å²) in [6.07, 6.45) is 2.19. The first-order valence-electron chi connectivity index (χ1n) is 6.33. The Labute approximate surface area is 112 Å². The molecule has 1 aliphatic rings. The average Bonchev–Trinajstić information content (AvgIpc) is 2.47. The largest absolute Gasteiger partial charge is 0.450 e. The molecule has 0 saturated carbocycles. The van der Waals surface area contributed by atoms with Gasteiger partial charge in [-0.15, -0.1) is 0 Å². The summed E-state index contributed by atoms with van der Waals surface area (Å²) >= 11 is 0. The zero-order chi connectivity index (χ0) is 13.7. The highest BCUT2D eigenvalue weighted by Gasteiger charge is 2.23. The van der Waals surface area contributed by atoms with Gasteiger partial charge in [0.2, 0.25) is 0 Å². The number of hydrogen-bond acceptors (Lipinski definition) is 5. The molecule has 6 nitrogen and oxygen atoms in total. The van der Waals surface area contributed by atoms with Crippen LogP contribution in [0, 0.1) is 0 Å². The molecule has 2 heterocycles. The van der Waals surface area contributed by atoms with Crippen molar-refractivity contribution in [3.8, 4) is 0 Å². The van der Waals surface area contributed by atoms with Gasteiger partial charge in [-0.05, 0) is 19.1 Å². The Hall–Kier alpha value is -2.11. The van der Waals surface area contributed by atoms with E-state index in [4.69, 9.17) is 4.74 Å². The van der Waals surface area contributed by atoms with Crippen molar-refractivity contribution < 1.29 is 14.3 Å². The fourth-order valence-corrected chi connectivity index (χ4v) is 2.08. The number of aldehydes is 1. The van der Waals surface area contributed by atoms with E-state index in [0.717, 1.165) is 6.29 Å².